The van der Waals surface area contributed by atoms with Crippen molar-refractivity contribution < 1.29 is 14.0 Å². The second-order valence-corrected chi connectivity index (χ2v) is 6.94. The van der Waals surface area contributed by atoms with E-state index in [-0.39, 0.29) is 23.8 Å². The molecule has 0 spiro atoms. The topological polar surface area (TPSA) is 53.5 Å². The Morgan fingerprint density at radius 1 is 1.15 bits per heavy atom. The molecule has 2 amide bonds. The van der Waals surface area contributed by atoms with E-state index in [2.05, 4.69) is 4.98 Å². The van der Waals surface area contributed by atoms with Crippen molar-refractivity contribution in [1.82, 2.24) is 14.8 Å². The molecule has 134 valence electrons. The van der Waals surface area contributed by atoms with Gasteiger partial charge < -0.3 is 9.80 Å². The maximum atomic E-state index is 13.5. The fraction of sp³-hybridized carbons (Fsp3) is 0.350. The van der Waals surface area contributed by atoms with Gasteiger partial charge in [0.1, 0.15) is 5.82 Å². The zero-order chi connectivity index (χ0) is 18.1. The van der Waals surface area contributed by atoms with Gasteiger partial charge in [-0.2, -0.15) is 0 Å². The van der Waals surface area contributed by atoms with E-state index >= 15 is 0 Å². The van der Waals surface area contributed by atoms with Gasteiger partial charge in [-0.05, 0) is 43.2 Å². The Morgan fingerprint density at radius 2 is 2.04 bits per heavy atom. The number of benzene rings is 1. The number of rotatable bonds is 3. The van der Waals surface area contributed by atoms with Gasteiger partial charge in [-0.25, -0.2) is 4.39 Å². The maximum Gasteiger partial charge on any atom is 0.254 e. The molecule has 0 N–H and O–H groups in total. The van der Waals surface area contributed by atoms with Crippen molar-refractivity contribution in [2.75, 3.05) is 13.1 Å². The second-order valence-electron chi connectivity index (χ2n) is 6.94. The molecular formula is C20H20FN3O2. The molecule has 3 fully saturated rings. The number of nitrogens with zero attached hydrogens (tertiary/aromatic N) is 3. The van der Waals surface area contributed by atoms with Crippen LogP contribution in [0.15, 0.2) is 48.7 Å². The maximum absolute atomic E-state index is 13.5. The zero-order valence-electron chi connectivity index (χ0n) is 14.3. The smallest absolute Gasteiger partial charge is 0.254 e. The van der Waals surface area contributed by atoms with Crippen LogP contribution in [0.2, 0.25) is 0 Å². The number of carbonyl (C=O) groups is 2. The first kappa shape index (κ1) is 16.7. The molecule has 1 aromatic heterocycles. The highest BCUT2D eigenvalue weighted by Gasteiger charge is 2.42. The number of hydrogen-bond donors (Lipinski definition) is 0. The Balaban J connectivity index is 1.56. The van der Waals surface area contributed by atoms with Gasteiger partial charge in [0, 0.05) is 30.9 Å². The van der Waals surface area contributed by atoms with Crippen molar-refractivity contribution >= 4 is 11.8 Å². The molecule has 1 aromatic carbocycles. The summed E-state index contributed by atoms with van der Waals surface area (Å²) in [5.41, 5.74) is 1.17. The first-order valence-electron chi connectivity index (χ1n) is 8.87. The van der Waals surface area contributed by atoms with Crippen LogP contribution in [0.1, 0.15) is 28.9 Å². The largest absolute Gasteiger partial charge is 0.336 e. The predicted molar refractivity (Wildman–Crippen MR) is 93.6 cm³/mol. The van der Waals surface area contributed by atoms with Crippen molar-refractivity contribution in [2.45, 2.75) is 25.4 Å². The predicted octanol–water partition coefficient (Wildman–Crippen LogP) is 2.48. The molecular weight excluding hydrogens is 333 g/mol. The van der Waals surface area contributed by atoms with Crippen LogP contribution in [0.5, 0.6) is 0 Å². The Kier molecular flexibility index (Phi) is 4.41. The van der Waals surface area contributed by atoms with Gasteiger partial charge in [-0.1, -0.05) is 12.1 Å². The standard InChI is InChI=1S/C20H20FN3O2/c21-16-5-3-4-14(10-16)19(25)23-11-15-7-8-18(13-23)24(20(15)26)12-17-6-1-2-9-22-17/h1-6,9-10,15,18H,7-8,11-13H2. The first-order valence-corrected chi connectivity index (χ1v) is 8.87. The summed E-state index contributed by atoms with van der Waals surface area (Å²) in [6, 6.07) is 11.4. The highest BCUT2D eigenvalue weighted by atomic mass is 19.1. The number of fused-ring (bicyclic) bond motifs is 4. The van der Waals surface area contributed by atoms with Gasteiger partial charge in [0.2, 0.25) is 5.91 Å². The minimum atomic E-state index is -0.429. The third-order valence-corrected chi connectivity index (χ3v) is 5.21. The molecule has 0 radical (unpaired) electrons. The van der Waals surface area contributed by atoms with E-state index in [1.807, 2.05) is 23.1 Å². The highest BCUT2D eigenvalue weighted by Crippen LogP contribution is 2.31. The Bertz CT molecular complexity index is 827. The summed E-state index contributed by atoms with van der Waals surface area (Å²) in [4.78, 5) is 33.6. The lowest BCUT2D eigenvalue weighted by Gasteiger charge is -2.35. The van der Waals surface area contributed by atoms with Crippen molar-refractivity contribution in [3.05, 3.63) is 65.7 Å². The van der Waals surface area contributed by atoms with Crippen molar-refractivity contribution in [2.24, 2.45) is 5.92 Å². The molecule has 2 atom stereocenters. The third-order valence-electron chi connectivity index (χ3n) is 5.21. The van der Waals surface area contributed by atoms with Crippen LogP contribution in [-0.4, -0.2) is 45.7 Å². The van der Waals surface area contributed by atoms with Crippen LogP contribution in [0.4, 0.5) is 4.39 Å². The Labute approximate surface area is 151 Å². The monoisotopic (exact) mass is 353 g/mol. The normalized spacial score (nSPS) is 22.4. The second kappa shape index (κ2) is 6.86. The lowest BCUT2D eigenvalue weighted by atomic mass is 9.94. The van der Waals surface area contributed by atoms with E-state index in [0.717, 1.165) is 18.5 Å². The minimum absolute atomic E-state index is 0.0271. The molecule has 3 saturated heterocycles. The number of piperidine rings is 1. The Morgan fingerprint density at radius 3 is 2.81 bits per heavy atom. The van der Waals surface area contributed by atoms with Gasteiger partial charge in [0.05, 0.1) is 18.2 Å². The van der Waals surface area contributed by atoms with Gasteiger partial charge in [0.25, 0.3) is 5.91 Å². The number of pyridine rings is 1. The molecule has 2 unspecified atom stereocenters. The molecule has 2 bridgehead atoms. The summed E-state index contributed by atoms with van der Waals surface area (Å²) in [6.07, 6.45) is 3.38. The van der Waals surface area contributed by atoms with E-state index in [1.54, 1.807) is 17.2 Å². The van der Waals surface area contributed by atoms with Crippen LogP contribution < -0.4 is 0 Å². The number of halogens is 1. The molecule has 0 aliphatic carbocycles. The molecule has 0 saturated carbocycles. The molecule has 6 heteroatoms. The van der Waals surface area contributed by atoms with E-state index in [1.165, 1.54) is 18.2 Å². The average Bonchev–Trinajstić information content (AvgIpc) is 2.95. The SMILES string of the molecule is O=C(c1cccc(F)c1)N1CC2CCC(C1)N(Cc1ccccn1)C2=O. The molecule has 5 rings (SSSR count). The fourth-order valence-electron chi connectivity index (χ4n) is 3.88. The van der Waals surface area contributed by atoms with E-state index in [0.29, 0.717) is 25.2 Å². The van der Waals surface area contributed by atoms with Crippen molar-refractivity contribution in [1.29, 1.82) is 0 Å². The summed E-state index contributed by atoms with van der Waals surface area (Å²) < 4.78 is 13.5. The highest BCUT2D eigenvalue weighted by molar-refractivity contribution is 5.95. The lowest BCUT2D eigenvalue weighted by Crippen LogP contribution is -2.47. The van der Waals surface area contributed by atoms with E-state index < -0.39 is 5.82 Å². The quantitative estimate of drug-likeness (QED) is 0.852. The first-order chi connectivity index (χ1) is 12.6. The lowest BCUT2D eigenvalue weighted by molar-refractivity contribution is -0.140. The molecule has 4 heterocycles. The summed E-state index contributed by atoms with van der Waals surface area (Å²) in [5.74, 6) is -0.758. The van der Waals surface area contributed by atoms with Gasteiger partial charge in [0.15, 0.2) is 0 Å². The van der Waals surface area contributed by atoms with E-state index in [4.69, 9.17) is 0 Å². The minimum Gasteiger partial charge on any atom is -0.336 e. The fourth-order valence-corrected chi connectivity index (χ4v) is 3.88. The summed E-state index contributed by atoms with van der Waals surface area (Å²) in [6.45, 7) is 1.33. The van der Waals surface area contributed by atoms with Crippen LogP contribution in [0, 0.1) is 11.7 Å². The molecule has 5 nitrogen and oxygen atoms in total. The van der Waals surface area contributed by atoms with Gasteiger partial charge in [-0.15, -0.1) is 0 Å². The van der Waals surface area contributed by atoms with Gasteiger partial charge in [-0.3, -0.25) is 14.6 Å². The van der Waals surface area contributed by atoms with Crippen molar-refractivity contribution in [3.63, 3.8) is 0 Å². The van der Waals surface area contributed by atoms with Crippen LogP contribution in [-0.2, 0) is 11.3 Å². The molecule has 26 heavy (non-hydrogen) atoms. The van der Waals surface area contributed by atoms with E-state index in [9.17, 15) is 14.0 Å². The number of amides is 2. The number of hydrogen-bond acceptors (Lipinski definition) is 3. The summed E-state index contributed by atoms with van der Waals surface area (Å²) in [7, 11) is 0. The molecule has 2 aromatic rings. The van der Waals surface area contributed by atoms with Crippen LogP contribution >= 0.6 is 0 Å². The number of carbonyl (C=O) groups excluding carboxylic acids is 2. The third kappa shape index (κ3) is 3.19. The van der Waals surface area contributed by atoms with Crippen molar-refractivity contribution in [3.8, 4) is 0 Å². The Hall–Kier alpha value is -2.76. The summed E-state index contributed by atoms with van der Waals surface area (Å²) in [5, 5.41) is 0. The molecule has 3 aliphatic heterocycles. The van der Waals surface area contributed by atoms with Crippen LogP contribution in [0.25, 0.3) is 0 Å². The van der Waals surface area contributed by atoms with Crippen LogP contribution in [0.3, 0.4) is 0 Å². The molecule has 3 aliphatic rings. The average molecular weight is 353 g/mol. The zero-order valence-corrected chi connectivity index (χ0v) is 14.3. The van der Waals surface area contributed by atoms with Gasteiger partial charge >= 0.3 is 0 Å². The summed E-state index contributed by atoms with van der Waals surface area (Å²) >= 11 is 0. The number of aromatic nitrogens is 1.